The lowest BCUT2D eigenvalue weighted by Gasteiger charge is -2.43. The van der Waals surface area contributed by atoms with E-state index in [1.54, 1.807) is 14.2 Å². The van der Waals surface area contributed by atoms with E-state index in [-0.39, 0.29) is 29.8 Å². The van der Waals surface area contributed by atoms with E-state index in [1.807, 2.05) is 13.8 Å². The van der Waals surface area contributed by atoms with Crippen LogP contribution in [0.3, 0.4) is 0 Å². The molecule has 0 bridgehead atoms. The van der Waals surface area contributed by atoms with Crippen LogP contribution in [0.2, 0.25) is 0 Å². The van der Waals surface area contributed by atoms with Crippen molar-refractivity contribution in [3.63, 3.8) is 0 Å². The SMILES string of the molecule is COC(CC(C)OC(C)(C(C)C)C(CC(C)C)OC)C(O)C(C)C. The summed E-state index contributed by atoms with van der Waals surface area (Å²) in [5, 5.41) is 10.3. The fourth-order valence-corrected chi connectivity index (χ4v) is 3.19. The van der Waals surface area contributed by atoms with E-state index in [9.17, 15) is 5.11 Å². The van der Waals surface area contributed by atoms with E-state index >= 15 is 0 Å². The number of hydrogen-bond acceptors (Lipinski definition) is 4. The largest absolute Gasteiger partial charge is 0.390 e. The number of methoxy groups -OCH3 is 2. The molecule has 4 nitrogen and oxygen atoms in total. The van der Waals surface area contributed by atoms with Crippen LogP contribution in [0.5, 0.6) is 0 Å². The van der Waals surface area contributed by atoms with Gasteiger partial charge in [0, 0.05) is 20.6 Å². The minimum atomic E-state index is -0.486. The molecule has 0 aliphatic carbocycles. The van der Waals surface area contributed by atoms with Crippen LogP contribution in [0, 0.1) is 17.8 Å². The maximum atomic E-state index is 10.3. The second kappa shape index (κ2) is 10.7. The van der Waals surface area contributed by atoms with E-state index in [1.165, 1.54) is 0 Å². The Kier molecular flexibility index (Phi) is 10.7. The van der Waals surface area contributed by atoms with Crippen molar-refractivity contribution in [2.45, 2.75) is 98.2 Å². The highest BCUT2D eigenvalue weighted by Gasteiger charge is 2.41. The summed E-state index contributed by atoms with van der Waals surface area (Å²) < 4.78 is 17.8. The zero-order valence-corrected chi connectivity index (χ0v) is 17.6. The van der Waals surface area contributed by atoms with Crippen molar-refractivity contribution in [2.75, 3.05) is 14.2 Å². The van der Waals surface area contributed by atoms with Crippen molar-refractivity contribution >= 4 is 0 Å². The van der Waals surface area contributed by atoms with Crippen molar-refractivity contribution in [1.29, 1.82) is 0 Å². The molecular weight excluding hydrogens is 304 g/mol. The van der Waals surface area contributed by atoms with E-state index < -0.39 is 6.10 Å². The zero-order chi connectivity index (χ0) is 19.1. The van der Waals surface area contributed by atoms with Gasteiger partial charge in [0.2, 0.25) is 0 Å². The summed E-state index contributed by atoms with van der Waals surface area (Å²) in [6, 6.07) is 0. The number of rotatable bonds is 12. The van der Waals surface area contributed by atoms with Crippen molar-refractivity contribution in [3.8, 4) is 0 Å². The van der Waals surface area contributed by atoms with Gasteiger partial charge in [0.25, 0.3) is 0 Å². The van der Waals surface area contributed by atoms with Crippen molar-refractivity contribution in [2.24, 2.45) is 17.8 Å². The first-order valence-electron chi connectivity index (χ1n) is 9.40. The molecule has 0 fully saturated rings. The van der Waals surface area contributed by atoms with E-state index in [2.05, 4.69) is 41.5 Å². The monoisotopic (exact) mass is 346 g/mol. The normalized spacial score (nSPS) is 20.2. The Hall–Kier alpha value is -0.160. The average molecular weight is 347 g/mol. The molecular formula is C20H42O4. The second-order valence-electron chi connectivity index (χ2n) is 8.37. The van der Waals surface area contributed by atoms with Gasteiger partial charge in [-0.2, -0.15) is 0 Å². The Morgan fingerprint density at radius 3 is 1.75 bits per heavy atom. The van der Waals surface area contributed by atoms with Gasteiger partial charge < -0.3 is 19.3 Å². The Balaban J connectivity index is 5.09. The maximum Gasteiger partial charge on any atom is 0.0941 e. The zero-order valence-electron chi connectivity index (χ0n) is 17.6. The van der Waals surface area contributed by atoms with Crippen LogP contribution in [0.4, 0.5) is 0 Å². The van der Waals surface area contributed by atoms with Crippen molar-refractivity contribution in [3.05, 3.63) is 0 Å². The minimum Gasteiger partial charge on any atom is -0.390 e. The van der Waals surface area contributed by atoms with Crippen LogP contribution in [-0.4, -0.2) is 49.3 Å². The lowest BCUT2D eigenvalue weighted by atomic mass is 9.82. The summed E-state index contributed by atoms with van der Waals surface area (Å²) in [6.07, 6.45) is 0.926. The molecule has 0 saturated heterocycles. The lowest BCUT2D eigenvalue weighted by molar-refractivity contribution is -0.188. The Labute approximate surface area is 150 Å². The first-order chi connectivity index (χ1) is 11.0. The van der Waals surface area contributed by atoms with E-state index in [0.717, 1.165) is 6.42 Å². The molecule has 0 amide bonds. The summed E-state index contributed by atoms with van der Waals surface area (Å²) in [6.45, 7) is 17.0. The molecule has 0 radical (unpaired) electrons. The number of aliphatic hydroxyl groups is 1. The number of aliphatic hydroxyl groups excluding tert-OH is 1. The van der Waals surface area contributed by atoms with Crippen LogP contribution in [0.25, 0.3) is 0 Å². The smallest absolute Gasteiger partial charge is 0.0941 e. The summed E-state index contributed by atoms with van der Waals surface area (Å²) >= 11 is 0. The van der Waals surface area contributed by atoms with Gasteiger partial charge in [-0.3, -0.25) is 0 Å². The molecule has 5 unspecified atom stereocenters. The first-order valence-corrected chi connectivity index (χ1v) is 9.40. The molecule has 0 heterocycles. The molecule has 146 valence electrons. The van der Waals surface area contributed by atoms with Gasteiger partial charge in [0.15, 0.2) is 0 Å². The molecule has 4 heteroatoms. The fraction of sp³-hybridized carbons (Fsp3) is 1.00. The van der Waals surface area contributed by atoms with Gasteiger partial charge >= 0.3 is 0 Å². The highest BCUT2D eigenvalue weighted by atomic mass is 16.6. The summed E-state index contributed by atoms with van der Waals surface area (Å²) in [7, 11) is 3.42. The highest BCUT2D eigenvalue weighted by Crippen LogP contribution is 2.33. The lowest BCUT2D eigenvalue weighted by Crippen LogP contribution is -2.50. The summed E-state index contributed by atoms with van der Waals surface area (Å²) in [5.74, 6) is 1.02. The van der Waals surface area contributed by atoms with Gasteiger partial charge in [0.05, 0.1) is 30.0 Å². The standard InChI is InChI=1S/C20H42O4/c1-13(2)11-18(23-10)20(8,15(5)6)24-16(7)12-17(22-9)19(21)14(3)4/h13-19,21H,11-12H2,1-10H3. The van der Waals surface area contributed by atoms with Gasteiger partial charge in [0.1, 0.15) is 0 Å². The molecule has 5 atom stereocenters. The van der Waals surface area contributed by atoms with E-state index in [0.29, 0.717) is 18.3 Å². The Bertz CT molecular complexity index is 330. The molecule has 0 aromatic carbocycles. The number of ether oxygens (including phenoxy) is 3. The number of hydrogen-bond donors (Lipinski definition) is 1. The van der Waals surface area contributed by atoms with Gasteiger partial charge in [-0.25, -0.2) is 0 Å². The Morgan fingerprint density at radius 1 is 0.875 bits per heavy atom. The third-order valence-electron chi connectivity index (χ3n) is 5.14. The van der Waals surface area contributed by atoms with Crippen molar-refractivity contribution < 1.29 is 19.3 Å². The molecule has 0 aromatic rings. The molecule has 0 aliphatic rings. The van der Waals surface area contributed by atoms with Crippen molar-refractivity contribution in [1.82, 2.24) is 0 Å². The van der Waals surface area contributed by atoms with Gasteiger partial charge in [-0.15, -0.1) is 0 Å². The predicted molar refractivity (Wildman–Crippen MR) is 100 cm³/mol. The molecule has 24 heavy (non-hydrogen) atoms. The first kappa shape index (κ1) is 23.8. The molecule has 1 N–H and O–H groups in total. The van der Waals surface area contributed by atoms with Crippen LogP contribution < -0.4 is 0 Å². The predicted octanol–water partition coefficient (Wildman–Crippen LogP) is 4.29. The third kappa shape index (κ3) is 6.99. The third-order valence-corrected chi connectivity index (χ3v) is 5.14. The van der Waals surface area contributed by atoms with Crippen LogP contribution in [0.15, 0.2) is 0 Å². The summed E-state index contributed by atoms with van der Waals surface area (Å²) in [5.41, 5.74) is -0.375. The topological polar surface area (TPSA) is 47.9 Å². The molecule has 0 saturated carbocycles. The van der Waals surface area contributed by atoms with Gasteiger partial charge in [-0.1, -0.05) is 41.5 Å². The molecule has 0 aromatic heterocycles. The molecule has 0 spiro atoms. The fourth-order valence-electron chi connectivity index (χ4n) is 3.19. The van der Waals surface area contributed by atoms with Crippen LogP contribution in [-0.2, 0) is 14.2 Å². The van der Waals surface area contributed by atoms with Crippen LogP contribution >= 0.6 is 0 Å². The Morgan fingerprint density at radius 2 is 1.42 bits per heavy atom. The summed E-state index contributed by atoms with van der Waals surface area (Å²) in [4.78, 5) is 0. The maximum absolute atomic E-state index is 10.3. The minimum absolute atomic E-state index is 0.0273. The van der Waals surface area contributed by atoms with Crippen LogP contribution in [0.1, 0.15) is 68.2 Å². The van der Waals surface area contributed by atoms with Gasteiger partial charge in [-0.05, 0) is 38.0 Å². The second-order valence-corrected chi connectivity index (χ2v) is 8.37. The quantitative estimate of drug-likeness (QED) is 0.573. The average Bonchev–Trinajstić information content (AvgIpc) is 2.48. The molecule has 0 aliphatic heterocycles. The highest BCUT2D eigenvalue weighted by molar-refractivity contribution is 4.90. The molecule has 0 rings (SSSR count). The van der Waals surface area contributed by atoms with E-state index in [4.69, 9.17) is 14.2 Å².